The van der Waals surface area contributed by atoms with E-state index in [2.05, 4.69) is 27.9 Å². The minimum Gasteiger partial charge on any atom is -0.446 e. The van der Waals surface area contributed by atoms with Gasteiger partial charge in [-0.15, -0.1) is 0 Å². The maximum Gasteiger partial charge on any atom is 0.312 e. The second kappa shape index (κ2) is 4.79. The molecule has 14 heavy (non-hydrogen) atoms. The van der Waals surface area contributed by atoms with Gasteiger partial charge in [0.15, 0.2) is 6.23 Å². The normalized spacial score (nSPS) is 27.7. The number of rotatable bonds is 2. The lowest BCUT2D eigenvalue weighted by atomic mass is 9.97. The molecule has 0 saturated carbocycles. The zero-order valence-corrected chi connectivity index (χ0v) is 11.1. The first-order chi connectivity index (χ1) is 6.45. The van der Waals surface area contributed by atoms with Crippen molar-refractivity contribution < 1.29 is 9.53 Å². The number of hydrogen-bond donors (Lipinski definition) is 1. The predicted octanol–water partition coefficient (Wildman–Crippen LogP) is 1.95. The van der Waals surface area contributed by atoms with Crippen LogP contribution < -0.4 is 5.32 Å². The van der Waals surface area contributed by atoms with Crippen molar-refractivity contribution in [3.8, 4) is 0 Å². The molecule has 1 N–H and O–H groups in total. The second-order valence-corrected chi connectivity index (χ2v) is 5.61. The van der Waals surface area contributed by atoms with Crippen LogP contribution in [0.5, 0.6) is 0 Å². The van der Waals surface area contributed by atoms with Gasteiger partial charge >= 0.3 is 5.97 Å². The van der Waals surface area contributed by atoms with Gasteiger partial charge < -0.3 is 4.74 Å². The lowest BCUT2D eigenvalue weighted by Crippen LogP contribution is -2.37. The summed E-state index contributed by atoms with van der Waals surface area (Å²) in [5.41, 5.74) is -0.403. The Kier molecular flexibility index (Phi) is 4.18. The molecule has 0 spiro atoms. The van der Waals surface area contributed by atoms with Gasteiger partial charge in [-0.3, -0.25) is 10.1 Å². The molecule has 0 bridgehead atoms. The van der Waals surface area contributed by atoms with Crippen molar-refractivity contribution in [3.63, 3.8) is 0 Å². The van der Waals surface area contributed by atoms with E-state index in [4.69, 9.17) is 4.74 Å². The minimum atomic E-state index is -0.403. The molecular formula is C10H18INO2. The predicted molar refractivity (Wildman–Crippen MR) is 64.3 cm³/mol. The molecule has 1 rings (SSSR count). The molecule has 0 aromatic carbocycles. The molecule has 1 fully saturated rings. The summed E-state index contributed by atoms with van der Waals surface area (Å²) in [7, 11) is 0. The maximum absolute atomic E-state index is 11.6. The highest BCUT2D eigenvalue weighted by Gasteiger charge is 2.32. The van der Waals surface area contributed by atoms with Crippen molar-refractivity contribution in [3.05, 3.63) is 0 Å². The quantitative estimate of drug-likeness (QED) is 0.481. The molecule has 1 saturated heterocycles. The van der Waals surface area contributed by atoms with Gasteiger partial charge in [-0.1, -0.05) is 22.6 Å². The Morgan fingerprint density at radius 1 is 1.57 bits per heavy atom. The van der Waals surface area contributed by atoms with Crippen LogP contribution in [0.4, 0.5) is 0 Å². The fraction of sp³-hybridized carbons (Fsp3) is 0.900. The fourth-order valence-corrected chi connectivity index (χ4v) is 2.22. The van der Waals surface area contributed by atoms with Crippen LogP contribution in [0.2, 0.25) is 0 Å². The van der Waals surface area contributed by atoms with E-state index in [1.165, 1.54) is 0 Å². The first kappa shape index (κ1) is 12.2. The van der Waals surface area contributed by atoms with E-state index < -0.39 is 5.41 Å². The number of halogens is 1. The first-order valence-electron chi connectivity index (χ1n) is 4.95. The van der Waals surface area contributed by atoms with Crippen molar-refractivity contribution in [2.24, 2.45) is 11.3 Å². The van der Waals surface area contributed by atoms with Crippen molar-refractivity contribution in [2.75, 3.05) is 11.0 Å². The van der Waals surface area contributed by atoms with Crippen LogP contribution in [-0.4, -0.2) is 23.2 Å². The summed E-state index contributed by atoms with van der Waals surface area (Å²) in [5, 5.41) is 3.21. The highest BCUT2D eigenvalue weighted by Crippen LogP contribution is 2.23. The van der Waals surface area contributed by atoms with E-state index in [9.17, 15) is 4.79 Å². The van der Waals surface area contributed by atoms with Crippen molar-refractivity contribution in [2.45, 2.75) is 33.4 Å². The van der Waals surface area contributed by atoms with Crippen LogP contribution in [0.1, 0.15) is 27.2 Å². The van der Waals surface area contributed by atoms with Gasteiger partial charge in [0.2, 0.25) is 0 Å². The molecule has 82 valence electrons. The Hall–Kier alpha value is 0.160. The van der Waals surface area contributed by atoms with Crippen molar-refractivity contribution in [1.29, 1.82) is 0 Å². The standard InChI is InChI=1S/C10H18INO2/c1-10(2,3)9(13)14-8-7(6-11)4-5-12-8/h7-8,12H,4-6H2,1-3H3/t7-,8?/m1/s1. The van der Waals surface area contributed by atoms with Gasteiger partial charge in [-0.25, -0.2) is 0 Å². The van der Waals surface area contributed by atoms with Crippen molar-refractivity contribution >= 4 is 28.6 Å². The fourth-order valence-electron chi connectivity index (χ4n) is 1.32. The summed E-state index contributed by atoms with van der Waals surface area (Å²) in [4.78, 5) is 11.6. The van der Waals surface area contributed by atoms with E-state index in [0.29, 0.717) is 5.92 Å². The van der Waals surface area contributed by atoms with Crippen LogP contribution in [0, 0.1) is 11.3 Å². The van der Waals surface area contributed by atoms with E-state index in [1.807, 2.05) is 20.8 Å². The number of esters is 1. The number of carbonyl (C=O) groups excluding carboxylic acids is 1. The average molecular weight is 311 g/mol. The van der Waals surface area contributed by atoms with E-state index in [-0.39, 0.29) is 12.2 Å². The molecule has 0 amide bonds. The summed E-state index contributed by atoms with van der Waals surface area (Å²) < 4.78 is 6.46. The summed E-state index contributed by atoms with van der Waals surface area (Å²) >= 11 is 2.34. The van der Waals surface area contributed by atoms with Gasteiger partial charge in [0.25, 0.3) is 0 Å². The maximum atomic E-state index is 11.6. The zero-order valence-electron chi connectivity index (χ0n) is 8.97. The molecule has 1 aliphatic heterocycles. The average Bonchev–Trinajstić information content (AvgIpc) is 2.50. The molecule has 0 radical (unpaired) electrons. The van der Waals surface area contributed by atoms with Gasteiger partial charge in [-0.05, 0) is 33.7 Å². The van der Waals surface area contributed by atoms with E-state index in [0.717, 1.165) is 17.4 Å². The van der Waals surface area contributed by atoms with E-state index in [1.54, 1.807) is 0 Å². The molecule has 2 atom stereocenters. The smallest absolute Gasteiger partial charge is 0.312 e. The monoisotopic (exact) mass is 311 g/mol. The molecule has 0 aliphatic carbocycles. The zero-order chi connectivity index (χ0) is 10.8. The molecule has 1 unspecified atom stereocenters. The van der Waals surface area contributed by atoms with Gasteiger partial charge in [0, 0.05) is 10.3 Å². The molecular weight excluding hydrogens is 293 g/mol. The number of ether oxygens (including phenoxy) is 1. The van der Waals surface area contributed by atoms with Crippen molar-refractivity contribution in [1.82, 2.24) is 5.32 Å². The Morgan fingerprint density at radius 2 is 2.21 bits per heavy atom. The van der Waals surface area contributed by atoms with Crippen LogP contribution >= 0.6 is 22.6 Å². The first-order valence-corrected chi connectivity index (χ1v) is 6.48. The van der Waals surface area contributed by atoms with Gasteiger partial charge in [0.05, 0.1) is 5.41 Å². The summed E-state index contributed by atoms with van der Waals surface area (Å²) in [5.74, 6) is 0.355. The number of carbonyl (C=O) groups is 1. The lowest BCUT2D eigenvalue weighted by Gasteiger charge is -2.23. The largest absolute Gasteiger partial charge is 0.446 e. The number of hydrogen-bond acceptors (Lipinski definition) is 3. The topological polar surface area (TPSA) is 38.3 Å². The molecule has 0 aromatic heterocycles. The summed E-state index contributed by atoms with van der Waals surface area (Å²) in [6, 6.07) is 0. The molecule has 1 heterocycles. The van der Waals surface area contributed by atoms with E-state index >= 15 is 0 Å². The Balaban J connectivity index is 2.48. The number of nitrogens with one attached hydrogen (secondary N) is 1. The highest BCUT2D eigenvalue weighted by atomic mass is 127. The van der Waals surface area contributed by atoms with Gasteiger partial charge in [0.1, 0.15) is 0 Å². The third-order valence-corrected chi connectivity index (χ3v) is 3.46. The lowest BCUT2D eigenvalue weighted by molar-refractivity contribution is -0.161. The third-order valence-electron chi connectivity index (χ3n) is 2.33. The minimum absolute atomic E-state index is 0.0707. The highest BCUT2D eigenvalue weighted by molar-refractivity contribution is 14.1. The molecule has 4 heteroatoms. The Bertz CT molecular complexity index is 213. The van der Waals surface area contributed by atoms with Crippen LogP contribution in [-0.2, 0) is 9.53 Å². The van der Waals surface area contributed by atoms with Crippen LogP contribution in [0.25, 0.3) is 0 Å². The Labute approximate surface area is 99.1 Å². The second-order valence-electron chi connectivity index (χ2n) is 4.73. The number of alkyl halides is 1. The third kappa shape index (κ3) is 3.08. The molecule has 3 nitrogen and oxygen atoms in total. The van der Waals surface area contributed by atoms with Gasteiger partial charge in [-0.2, -0.15) is 0 Å². The van der Waals surface area contributed by atoms with Crippen LogP contribution in [0.3, 0.4) is 0 Å². The molecule has 1 aliphatic rings. The SMILES string of the molecule is CC(C)(C)C(=O)OC1NCC[C@@H]1CI. The summed E-state index contributed by atoms with van der Waals surface area (Å²) in [6.45, 7) is 6.59. The molecule has 0 aromatic rings. The van der Waals surface area contributed by atoms with Crippen LogP contribution in [0.15, 0.2) is 0 Å². The summed E-state index contributed by atoms with van der Waals surface area (Å²) in [6.07, 6.45) is 1.03. The Morgan fingerprint density at radius 3 is 2.71 bits per heavy atom.